The van der Waals surface area contributed by atoms with Gasteiger partial charge in [0.15, 0.2) is 5.11 Å². The molecule has 0 aliphatic heterocycles. The number of hydrazine groups is 1. The van der Waals surface area contributed by atoms with Gasteiger partial charge in [0, 0.05) is 24.2 Å². The van der Waals surface area contributed by atoms with Crippen molar-refractivity contribution in [2.75, 3.05) is 13.1 Å². The third-order valence-electron chi connectivity index (χ3n) is 3.57. The topological polar surface area (TPSA) is 90.5 Å². The van der Waals surface area contributed by atoms with Crippen molar-refractivity contribution >= 4 is 33.3 Å². The highest BCUT2D eigenvalue weighted by molar-refractivity contribution is 7.89. The largest absolute Gasteiger partial charge is 0.357 e. The molecule has 0 aliphatic rings. The van der Waals surface area contributed by atoms with Crippen molar-refractivity contribution in [3.05, 3.63) is 29.3 Å². The van der Waals surface area contributed by atoms with Gasteiger partial charge < -0.3 is 5.32 Å². The monoisotopic (exact) mass is 400 g/mol. The molecule has 0 unspecified atom stereocenters. The second-order valence-corrected chi connectivity index (χ2v) is 9.20. The lowest BCUT2D eigenvalue weighted by Gasteiger charge is -2.23. The number of nitrogens with zero attached hydrogens (tertiary/aromatic N) is 1. The number of sulfonamides is 1. The van der Waals surface area contributed by atoms with Gasteiger partial charge in [-0.05, 0) is 57.6 Å². The fraction of sp³-hybridized carbons (Fsp3) is 0.529. The minimum atomic E-state index is -3.63. The second kappa shape index (κ2) is 8.79. The third-order valence-corrected chi connectivity index (χ3v) is 5.82. The SMILES string of the molecule is CCN(CC)S(=O)(=O)c1ccc(C)c(C(=O)NNC(=S)NC(C)(C)C)c1. The summed E-state index contributed by atoms with van der Waals surface area (Å²) in [6, 6.07) is 4.52. The molecule has 1 rings (SSSR count). The zero-order valence-corrected chi connectivity index (χ0v) is 17.8. The minimum absolute atomic E-state index is 0.0901. The first-order chi connectivity index (χ1) is 11.9. The maximum atomic E-state index is 12.7. The fourth-order valence-electron chi connectivity index (χ4n) is 2.27. The van der Waals surface area contributed by atoms with Crippen molar-refractivity contribution < 1.29 is 13.2 Å². The molecule has 146 valence electrons. The average molecular weight is 401 g/mol. The van der Waals surface area contributed by atoms with Gasteiger partial charge in [0.25, 0.3) is 5.91 Å². The first kappa shape index (κ1) is 22.3. The summed E-state index contributed by atoms with van der Waals surface area (Å²) in [5.41, 5.74) is 5.81. The number of amides is 1. The van der Waals surface area contributed by atoms with Crippen LogP contribution in [-0.2, 0) is 10.0 Å². The average Bonchev–Trinajstić information content (AvgIpc) is 2.52. The molecule has 1 amide bonds. The molecule has 0 radical (unpaired) electrons. The molecule has 0 fully saturated rings. The number of nitrogens with one attached hydrogen (secondary N) is 3. The molecule has 0 bridgehead atoms. The lowest BCUT2D eigenvalue weighted by atomic mass is 10.1. The Bertz CT molecular complexity index is 767. The van der Waals surface area contributed by atoms with E-state index in [9.17, 15) is 13.2 Å². The summed E-state index contributed by atoms with van der Waals surface area (Å²) in [4.78, 5) is 12.5. The van der Waals surface area contributed by atoms with E-state index in [1.165, 1.54) is 16.4 Å². The van der Waals surface area contributed by atoms with Crippen LogP contribution >= 0.6 is 12.2 Å². The Labute approximate surface area is 161 Å². The molecule has 0 saturated carbocycles. The number of carbonyl (C=O) groups is 1. The van der Waals surface area contributed by atoms with E-state index in [0.29, 0.717) is 18.7 Å². The Balaban J connectivity index is 3.00. The van der Waals surface area contributed by atoms with Crippen molar-refractivity contribution in [3.63, 3.8) is 0 Å². The predicted octanol–water partition coefficient (Wildman–Crippen LogP) is 1.93. The summed E-state index contributed by atoms with van der Waals surface area (Å²) in [6.07, 6.45) is 0. The zero-order chi connectivity index (χ0) is 20.1. The fourth-order valence-corrected chi connectivity index (χ4v) is 4.11. The first-order valence-corrected chi connectivity index (χ1v) is 10.3. The predicted molar refractivity (Wildman–Crippen MR) is 107 cm³/mol. The highest BCUT2D eigenvalue weighted by atomic mass is 32.2. The van der Waals surface area contributed by atoms with Crippen LogP contribution in [0.15, 0.2) is 23.1 Å². The molecule has 1 aromatic rings. The molecule has 0 saturated heterocycles. The molecule has 1 aromatic carbocycles. The van der Waals surface area contributed by atoms with Crippen LogP contribution in [0.25, 0.3) is 0 Å². The molecule has 0 heterocycles. The Morgan fingerprint density at radius 1 is 1.15 bits per heavy atom. The minimum Gasteiger partial charge on any atom is -0.357 e. The van der Waals surface area contributed by atoms with Gasteiger partial charge in [0.2, 0.25) is 10.0 Å². The van der Waals surface area contributed by atoms with E-state index >= 15 is 0 Å². The molecule has 9 heteroatoms. The third kappa shape index (κ3) is 5.93. The number of benzene rings is 1. The van der Waals surface area contributed by atoms with Crippen molar-refractivity contribution in [1.82, 2.24) is 20.5 Å². The van der Waals surface area contributed by atoms with Crippen LogP contribution in [0.2, 0.25) is 0 Å². The summed E-state index contributed by atoms with van der Waals surface area (Å²) < 4.78 is 26.6. The van der Waals surface area contributed by atoms with Gasteiger partial charge in [-0.2, -0.15) is 4.31 Å². The Morgan fingerprint density at radius 3 is 2.23 bits per heavy atom. The van der Waals surface area contributed by atoms with E-state index < -0.39 is 15.9 Å². The zero-order valence-electron chi connectivity index (χ0n) is 16.1. The molecule has 7 nitrogen and oxygen atoms in total. The molecule has 26 heavy (non-hydrogen) atoms. The van der Waals surface area contributed by atoms with E-state index in [1.807, 2.05) is 20.8 Å². The van der Waals surface area contributed by atoms with Gasteiger partial charge in [-0.3, -0.25) is 15.6 Å². The lowest BCUT2D eigenvalue weighted by molar-refractivity contribution is 0.0942. The van der Waals surface area contributed by atoms with Crippen LogP contribution in [0.5, 0.6) is 0 Å². The Kier molecular flexibility index (Phi) is 7.55. The van der Waals surface area contributed by atoms with Crippen LogP contribution in [0.1, 0.15) is 50.5 Å². The quantitative estimate of drug-likeness (QED) is 0.517. The van der Waals surface area contributed by atoms with Crippen molar-refractivity contribution in [2.24, 2.45) is 0 Å². The van der Waals surface area contributed by atoms with Gasteiger partial charge in [0.05, 0.1) is 4.90 Å². The van der Waals surface area contributed by atoms with E-state index in [4.69, 9.17) is 12.2 Å². The van der Waals surface area contributed by atoms with Crippen molar-refractivity contribution in [1.29, 1.82) is 0 Å². The number of carbonyl (C=O) groups excluding carboxylic acids is 1. The van der Waals surface area contributed by atoms with E-state index in [-0.39, 0.29) is 21.1 Å². The van der Waals surface area contributed by atoms with E-state index in [1.54, 1.807) is 26.8 Å². The molecule has 0 atom stereocenters. The van der Waals surface area contributed by atoms with Gasteiger partial charge in [-0.25, -0.2) is 8.42 Å². The van der Waals surface area contributed by atoms with Crippen LogP contribution in [0.4, 0.5) is 0 Å². The summed E-state index contributed by atoms with van der Waals surface area (Å²) >= 11 is 5.11. The van der Waals surface area contributed by atoms with Crippen molar-refractivity contribution in [2.45, 2.75) is 52.0 Å². The Hall–Kier alpha value is -1.71. The normalized spacial score (nSPS) is 12.0. The standard InChI is InChI=1S/C17H28N4O3S2/c1-7-21(8-2)26(23,24)13-10-9-12(3)14(11-13)15(22)19-20-16(25)18-17(4,5)6/h9-11H,7-8H2,1-6H3,(H,19,22)(H2,18,20,25). The first-order valence-electron chi connectivity index (χ1n) is 8.41. The second-order valence-electron chi connectivity index (χ2n) is 6.85. The number of hydrogen-bond acceptors (Lipinski definition) is 4. The van der Waals surface area contributed by atoms with E-state index in [2.05, 4.69) is 16.2 Å². The lowest BCUT2D eigenvalue weighted by Crippen LogP contribution is -2.52. The number of hydrogen-bond donors (Lipinski definition) is 3. The summed E-state index contributed by atoms with van der Waals surface area (Å²) in [5.74, 6) is -0.461. The van der Waals surface area contributed by atoms with Crippen LogP contribution in [0.3, 0.4) is 0 Å². The highest BCUT2D eigenvalue weighted by Crippen LogP contribution is 2.19. The highest BCUT2D eigenvalue weighted by Gasteiger charge is 2.23. The molecular weight excluding hydrogens is 372 g/mol. The molecular formula is C17H28N4O3S2. The van der Waals surface area contributed by atoms with Crippen LogP contribution in [0, 0.1) is 6.92 Å². The summed E-state index contributed by atoms with van der Waals surface area (Å²) in [5, 5.41) is 3.28. The smallest absolute Gasteiger partial charge is 0.269 e. The molecule has 0 aromatic heterocycles. The summed E-state index contributed by atoms with van der Waals surface area (Å²) in [6.45, 7) is 11.8. The molecule has 0 aliphatic carbocycles. The van der Waals surface area contributed by atoms with Crippen LogP contribution in [-0.4, -0.2) is 42.4 Å². The number of thiocarbonyl (C=S) groups is 1. The number of aryl methyl sites for hydroxylation is 1. The summed E-state index contributed by atoms with van der Waals surface area (Å²) in [7, 11) is -3.63. The van der Waals surface area contributed by atoms with Gasteiger partial charge in [0.1, 0.15) is 0 Å². The molecule has 0 spiro atoms. The molecule has 3 N–H and O–H groups in total. The van der Waals surface area contributed by atoms with Gasteiger partial charge in [-0.1, -0.05) is 19.9 Å². The maximum absolute atomic E-state index is 12.7. The van der Waals surface area contributed by atoms with Crippen LogP contribution < -0.4 is 16.2 Å². The Morgan fingerprint density at radius 2 is 1.73 bits per heavy atom. The van der Waals surface area contributed by atoms with E-state index in [0.717, 1.165) is 0 Å². The maximum Gasteiger partial charge on any atom is 0.269 e. The number of rotatable bonds is 5. The van der Waals surface area contributed by atoms with Gasteiger partial charge >= 0.3 is 0 Å². The van der Waals surface area contributed by atoms with Crippen molar-refractivity contribution in [3.8, 4) is 0 Å². The van der Waals surface area contributed by atoms with Gasteiger partial charge in [-0.15, -0.1) is 0 Å².